The Labute approximate surface area is 154 Å². The molecule has 3 rings (SSSR count). The minimum absolute atomic E-state index is 0.185. The van der Waals surface area contributed by atoms with Crippen molar-refractivity contribution in [2.45, 2.75) is 25.7 Å². The van der Waals surface area contributed by atoms with E-state index in [4.69, 9.17) is 23.8 Å². The number of thiocarbonyl (C=S) groups is 1. The predicted octanol–water partition coefficient (Wildman–Crippen LogP) is 4.28. The van der Waals surface area contributed by atoms with Gasteiger partial charge in [-0.25, -0.2) is 0 Å². The maximum atomic E-state index is 12.2. The number of halogens is 1. The highest BCUT2D eigenvalue weighted by Gasteiger charge is 2.21. The van der Waals surface area contributed by atoms with Crippen molar-refractivity contribution < 1.29 is 4.79 Å². The quantitative estimate of drug-likeness (QED) is 0.769. The molecule has 0 atom stereocenters. The lowest BCUT2D eigenvalue weighted by atomic mass is 9.96. The van der Waals surface area contributed by atoms with Gasteiger partial charge in [0.1, 0.15) is 11.1 Å². The SMILES string of the molecule is N#Cc1c(NC(=S)NC(=O)c2ccc(Cl)cc2)sc2c1CCCC2. The van der Waals surface area contributed by atoms with E-state index in [1.54, 1.807) is 35.6 Å². The molecule has 24 heavy (non-hydrogen) atoms. The molecule has 1 amide bonds. The van der Waals surface area contributed by atoms with E-state index in [-0.39, 0.29) is 11.0 Å². The Balaban J connectivity index is 1.71. The minimum atomic E-state index is -0.316. The van der Waals surface area contributed by atoms with Crippen LogP contribution in [0, 0.1) is 11.3 Å². The summed E-state index contributed by atoms with van der Waals surface area (Å²) in [5.41, 5.74) is 2.25. The fourth-order valence-electron chi connectivity index (χ4n) is 2.68. The Morgan fingerprint density at radius 1 is 1.25 bits per heavy atom. The van der Waals surface area contributed by atoms with Gasteiger partial charge in [-0.05, 0) is 67.7 Å². The molecule has 0 fully saturated rings. The third-order valence-corrected chi connectivity index (χ3v) is 5.51. The molecule has 122 valence electrons. The van der Waals surface area contributed by atoms with Gasteiger partial charge in [0.2, 0.25) is 0 Å². The first kappa shape index (κ1) is 16.9. The Kier molecular flexibility index (Phi) is 5.14. The molecule has 4 nitrogen and oxygen atoms in total. The third-order valence-electron chi connectivity index (χ3n) is 3.84. The van der Waals surface area contributed by atoms with Crippen LogP contribution >= 0.6 is 35.2 Å². The van der Waals surface area contributed by atoms with Crippen molar-refractivity contribution in [3.8, 4) is 6.07 Å². The highest BCUT2D eigenvalue weighted by Crippen LogP contribution is 2.37. The summed E-state index contributed by atoms with van der Waals surface area (Å²) in [6.45, 7) is 0. The summed E-state index contributed by atoms with van der Waals surface area (Å²) < 4.78 is 0. The standard InChI is InChI=1S/C17H14ClN3OS2/c18-11-7-5-10(6-8-11)15(22)20-17(23)21-16-13(9-19)12-3-1-2-4-14(12)24-16/h5-8H,1-4H2,(H2,20,21,22,23). The molecular formula is C17H14ClN3OS2. The fourth-order valence-corrected chi connectivity index (χ4v) is 4.31. The number of benzene rings is 1. The zero-order chi connectivity index (χ0) is 17.1. The van der Waals surface area contributed by atoms with Gasteiger partial charge in [0, 0.05) is 15.5 Å². The van der Waals surface area contributed by atoms with Crippen LogP contribution in [0.1, 0.15) is 39.2 Å². The number of carbonyl (C=O) groups excluding carboxylic acids is 1. The topological polar surface area (TPSA) is 64.9 Å². The van der Waals surface area contributed by atoms with Crippen LogP contribution < -0.4 is 10.6 Å². The van der Waals surface area contributed by atoms with Crippen LogP contribution in [-0.2, 0) is 12.8 Å². The molecule has 0 radical (unpaired) electrons. The zero-order valence-corrected chi connectivity index (χ0v) is 15.1. The Morgan fingerprint density at radius 2 is 1.96 bits per heavy atom. The van der Waals surface area contributed by atoms with Gasteiger partial charge >= 0.3 is 0 Å². The van der Waals surface area contributed by atoms with Gasteiger partial charge < -0.3 is 5.32 Å². The molecule has 1 heterocycles. The van der Waals surface area contributed by atoms with E-state index in [9.17, 15) is 10.1 Å². The predicted molar refractivity (Wildman–Crippen MR) is 101 cm³/mol. The van der Waals surface area contributed by atoms with Crippen LogP contribution in [0.2, 0.25) is 5.02 Å². The van der Waals surface area contributed by atoms with Crippen molar-refractivity contribution in [2.24, 2.45) is 0 Å². The van der Waals surface area contributed by atoms with Crippen molar-refractivity contribution in [1.29, 1.82) is 5.26 Å². The number of hydrogen-bond donors (Lipinski definition) is 2. The molecule has 0 bridgehead atoms. The molecule has 0 saturated heterocycles. The molecule has 0 unspecified atom stereocenters. The minimum Gasteiger partial charge on any atom is -0.323 e. The van der Waals surface area contributed by atoms with Crippen LogP contribution in [0.3, 0.4) is 0 Å². The van der Waals surface area contributed by atoms with Gasteiger partial charge in [-0.15, -0.1) is 11.3 Å². The molecular weight excluding hydrogens is 362 g/mol. The van der Waals surface area contributed by atoms with E-state index < -0.39 is 0 Å². The molecule has 0 spiro atoms. The smallest absolute Gasteiger partial charge is 0.257 e. The molecule has 0 saturated carbocycles. The number of rotatable bonds is 2. The highest BCUT2D eigenvalue weighted by atomic mass is 35.5. The van der Waals surface area contributed by atoms with Gasteiger partial charge in [0.15, 0.2) is 5.11 Å². The van der Waals surface area contributed by atoms with Crippen LogP contribution in [-0.4, -0.2) is 11.0 Å². The van der Waals surface area contributed by atoms with Gasteiger partial charge in [0.05, 0.1) is 5.56 Å². The maximum Gasteiger partial charge on any atom is 0.257 e. The molecule has 1 aromatic carbocycles. The lowest BCUT2D eigenvalue weighted by Gasteiger charge is -2.10. The number of amides is 1. The van der Waals surface area contributed by atoms with E-state index in [1.165, 1.54) is 4.88 Å². The van der Waals surface area contributed by atoms with Gasteiger partial charge in [0.25, 0.3) is 5.91 Å². The molecule has 7 heteroatoms. The molecule has 2 N–H and O–H groups in total. The monoisotopic (exact) mass is 375 g/mol. The van der Waals surface area contributed by atoms with Gasteiger partial charge in [-0.3, -0.25) is 10.1 Å². The van der Waals surface area contributed by atoms with Crippen molar-refractivity contribution in [2.75, 3.05) is 5.32 Å². The average Bonchev–Trinajstić information content (AvgIpc) is 2.92. The summed E-state index contributed by atoms with van der Waals surface area (Å²) in [4.78, 5) is 13.4. The third kappa shape index (κ3) is 3.59. The number of thiophene rings is 1. The van der Waals surface area contributed by atoms with Gasteiger partial charge in [-0.1, -0.05) is 11.6 Å². The van der Waals surface area contributed by atoms with Crippen LogP contribution in [0.25, 0.3) is 0 Å². The van der Waals surface area contributed by atoms with Crippen molar-refractivity contribution >= 4 is 51.2 Å². The normalized spacial score (nSPS) is 12.8. The van der Waals surface area contributed by atoms with E-state index in [0.29, 0.717) is 21.2 Å². The first-order valence-electron chi connectivity index (χ1n) is 7.51. The maximum absolute atomic E-state index is 12.2. The molecule has 1 aliphatic rings. The van der Waals surface area contributed by atoms with E-state index >= 15 is 0 Å². The summed E-state index contributed by atoms with van der Waals surface area (Å²) in [6, 6.07) is 8.81. The van der Waals surface area contributed by atoms with E-state index in [1.807, 2.05) is 0 Å². The lowest BCUT2D eigenvalue weighted by molar-refractivity contribution is 0.0978. The van der Waals surface area contributed by atoms with E-state index in [0.717, 1.165) is 31.2 Å². The summed E-state index contributed by atoms with van der Waals surface area (Å²) in [7, 11) is 0. The first-order chi connectivity index (χ1) is 11.6. The van der Waals surface area contributed by atoms with E-state index in [2.05, 4.69) is 16.7 Å². The van der Waals surface area contributed by atoms with Crippen molar-refractivity contribution in [3.63, 3.8) is 0 Å². The summed E-state index contributed by atoms with van der Waals surface area (Å²) in [6.07, 6.45) is 4.19. The number of aryl methyl sites for hydroxylation is 1. The highest BCUT2D eigenvalue weighted by molar-refractivity contribution is 7.80. The van der Waals surface area contributed by atoms with Crippen molar-refractivity contribution in [3.05, 3.63) is 50.9 Å². The van der Waals surface area contributed by atoms with Crippen LogP contribution in [0.5, 0.6) is 0 Å². The van der Waals surface area contributed by atoms with Gasteiger partial charge in [-0.2, -0.15) is 5.26 Å². The summed E-state index contributed by atoms with van der Waals surface area (Å²) >= 11 is 12.6. The second-order valence-electron chi connectivity index (χ2n) is 5.44. The second-order valence-corrected chi connectivity index (χ2v) is 7.39. The zero-order valence-electron chi connectivity index (χ0n) is 12.7. The summed E-state index contributed by atoms with van der Waals surface area (Å²) in [5, 5.41) is 16.5. The number of hydrogen-bond acceptors (Lipinski definition) is 4. The Bertz CT molecular complexity index is 837. The molecule has 1 aliphatic carbocycles. The number of nitriles is 1. The van der Waals surface area contributed by atoms with Crippen LogP contribution in [0.15, 0.2) is 24.3 Å². The molecule has 0 aliphatic heterocycles. The van der Waals surface area contributed by atoms with Crippen molar-refractivity contribution in [1.82, 2.24) is 5.32 Å². The Hall–Kier alpha value is -1.94. The number of fused-ring (bicyclic) bond motifs is 1. The first-order valence-corrected chi connectivity index (χ1v) is 9.11. The molecule has 2 aromatic rings. The number of nitrogens with one attached hydrogen (secondary N) is 2. The Morgan fingerprint density at radius 3 is 2.67 bits per heavy atom. The lowest BCUT2D eigenvalue weighted by Crippen LogP contribution is -2.34. The second kappa shape index (κ2) is 7.31. The summed E-state index contributed by atoms with van der Waals surface area (Å²) in [5.74, 6) is -0.316. The molecule has 1 aromatic heterocycles. The average molecular weight is 376 g/mol. The number of anilines is 1. The van der Waals surface area contributed by atoms with Crippen LogP contribution in [0.4, 0.5) is 5.00 Å². The fraction of sp³-hybridized carbons (Fsp3) is 0.235. The number of nitrogens with zero attached hydrogens (tertiary/aromatic N) is 1. The number of carbonyl (C=O) groups is 1. The largest absolute Gasteiger partial charge is 0.323 e.